The summed E-state index contributed by atoms with van der Waals surface area (Å²) in [5.74, 6) is 0. The van der Waals surface area contributed by atoms with Gasteiger partial charge < -0.3 is 4.90 Å². The van der Waals surface area contributed by atoms with Gasteiger partial charge in [0.25, 0.3) is 0 Å². The maximum Gasteiger partial charge on any atom is 0.0308 e. The van der Waals surface area contributed by atoms with Gasteiger partial charge in [-0.2, -0.15) is 0 Å². The van der Waals surface area contributed by atoms with Gasteiger partial charge in [0.2, 0.25) is 0 Å². The van der Waals surface area contributed by atoms with Crippen molar-refractivity contribution in [2.45, 2.75) is 52.0 Å². The normalized spacial score (nSPS) is 37.5. The Morgan fingerprint density at radius 3 is 2.19 bits per heavy atom. The summed E-state index contributed by atoms with van der Waals surface area (Å²) in [6.07, 6.45) is 5.53. The lowest BCUT2D eigenvalue weighted by atomic mass is 9.79. The molecule has 0 radical (unpaired) electrons. The van der Waals surface area contributed by atoms with Gasteiger partial charge >= 0.3 is 0 Å². The molecule has 2 saturated heterocycles. The topological polar surface area (TPSA) is 6.48 Å². The fourth-order valence-corrected chi connectivity index (χ4v) is 3.61. The molecule has 94 valence electrons. The van der Waals surface area contributed by atoms with Crippen molar-refractivity contribution in [3.63, 3.8) is 0 Å². The standard InChI is InChI=1S/C14H28N2/c1-13(2)7-5-10-16(11-13)14(3)8-6-9-15(4)12-14/h5-12H2,1-4H3. The first-order chi connectivity index (χ1) is 7.41. The number of piperidine rings is 2. The van der Waals surface area contributed by atoms with Gasteiger partial charge in [-0.25, -0.2) is 0 Å². The Labute approximate surface area is 101 Å². The molecule has 1 unspecified atom stereocenters. The summed E-state index contributed by atoms with van der Waals surface area (Å²) < 4.78 is 0. The molecule has 0 saturated carbocycles. The van der Waals surface area contributed by atoms with Gasteiger partial charge in [0, 0.05) is 18.6 Å². The van der Waals surface area contributed by atoms with Crippen LogP contribution in [0.15, 0.2) is 0 Å². The summed E-state index contributed by atoms with van der Waals surface area (Å²) in [4.78, 5) is 5.28. The lowest BCUT2D eigenvalue weighted by molar-refractivity contribution is -0.0153. The molecule has 2 nitrogen and oxygen atoms in total. The zero-order chi connectivity index (χ0) is 11.8. The van der Waals surface area contributed by atoms with Gasteiger partial charge in [-0.15, -0.1) is 0 Å². The number of nitrogens with zero attached hydrogens (tertiary/aromatic N) is 2. The third kappa shape index (κ3) is 2.60. The monoisotopic (exact) mass is 224 g/mol. The zero-order valence-corrected chi connectivity index (χ0v) is 11.6. The van der Waals surface area contributed by atoms with E-state index in [9.17, 15) is 0 Å². The summed E-state index contributed by atoms with van der Waals surface area (Å²) in [6.45, 7) is 12.5. The first-order valence-corrected chi connectivity index (χ1v) is 6.85. The predicted molar refractivity (Wildman–Crippen MR) is 69.7 cm³/mol. The molecule has 0 spiro atoms. The highest BCUT2D eigenvalue weighted by Crippen LogP contribution is 2.35. The van der Waals surface area contributed by atoms with Crippen molar-refractivity contribution in [1.29, 1.82) is 0 Å². The molecule has 2 heteroatoms. The SMILES string of the molecule is CN1CCCC(C)(N2CCCC(C)(C)C2)C1. The first kappa shape index (κ1) is 12.4. The molecule has 0 aromatic heterocycles. The third-order valence-electron chi connectivity index (χ3n) is 4.53. The Morgan fingerprint density at radius 1 is 0.875 bits per heavy atom. The van der Waals surface area contributed by atoms with Gasteiger partial charge in [-0.1, -0.05) is 13.8 Å². The van der Waals surface area contributed by atoms with Crippen LogP contribution < -0.4 is 0 Å². The van der Waals surface area contributed by atoms with Crippen molar-refractivity contribution >= 4 is 0 Å². The average Bonchev–Trinajstić information content (AvgIpc) is 2.15. The molecular formula is C14H28N2. The van der Waals surface area contributed by atoms with E-state index in [1.807, 2.05) is 0 Å². The van der Waals surface area contributed by atoms with E-state index in [4.69, 9.17) is 0 Å². The molecule has 0 bridgehead atoms. The van der Waals surface area contributed by atoms with Crippen LogP contribution in [0.5, 0.6) is 0 Å². The van der Waals surface area contributed by atoms with E-state index in [2.05, 4.69) is 37.6 Å². The molecule has 16 heavy (non-hydrogen) atoms. The minimum atomic E-state index is 0.435. The van der Waals surface area contributed by atoms with Crippen LogP contribution in [0, 0.1) is 5.41 Å². The fraction of sp³-hybridized carbons (Fsp3) is 1.00. The third-order valence-corrected chi connectivity index (χ3v) is 4.53. The highest BCUT2D eigenvalue weighted by Gasteiger charge is 2.39. The lowest BCUT2D eigenvalue weighted by Gasteiger charge is -2.51. The van der Waals surface area contributed by atoms with Crippen LogP contribution >= 0.6 is 0 Å². The predicted octanol–water partition coefficient (Wildman–Crippen LogP) is 2.59. The van der Waals surface area contributed by atoms with Gasteiger partial charge in [-0.05, 0) is 58.2 Å². The second kappa shape index (κ2) is 4.30. The second-order valence-corrected chi connectivity index (χ2v) is 7.03. The second-order valence-electron chi connectivity index (χ2n) is 7.03. The fourth-order valence-electron chi connectivity index (χ4n) is 3.61. The zero-order valence-electron chi connectivity index (χ0n) is 11.6. The average molecular weight is 224 g/mol. The number of hydrogen-bond acceptors (Lipinski definition) is 2. The van der Waals surface area contributed by atoms with Crippen molar-refractivity contribution in [2.24, 2.45) is 5.41 Å². The molecule has 2 fully saturated rings. The van der Waals surface area contributed by atoms with Crippen LogP contribution in [0.4, 0.5) is 0 Å². The van der Waals surface area contributed by atoms with E-state index < -0.39 is 0 Å². The van der Waals surface area contributed by atoms with Gasteiger partial charge in [-0.3, -0.25) is 4.90 Å². The Balaban J connectivity index is 2.04. The Bertz CT molecular complexity index is 249. The van der Waals surface area contributed by atoms with E-state index in [1.54, 1.807) is 0 Å². The lowest BCUT2D eigenvalue weighted by Crippen LogP contribution is -2.59. The summed E-state index contributed by atoms with van der Waals surface area (Å²) in [7, 11) is 2.27. The van der Waals surface area contributed by atoms with Crippen molar-refractivity contribution in [3.05, 3.63) is 0 Å². The molecule has 2 aliphatic rings. The van der Waals surface area contributed by atoms with Crippen LogP contribution in [-0.2, 0) is 0 Å². The van der Waals surface area contributed by atoms with Crippen molar-refractivity contribution in [2.75, 3.05) is 33.2 Å². The smallest absolute Gasteiger partial charge is 0.0308 e. The number of hydrogen-bond donors (Lipinski definition) is 0. The van der Waals surface area contributed by atoms with Crippen LogP contribution in [0.25, 0.3) is 0 Å². The molecule has 0 aromatic rings. The Hall–Kier alpha value is -0.0800. The maximum atomic E-state index is 2.77. The quantitative estimate of drug-likeness (QED) is 0.675. The van der Waals surface area contributed by atoms with Crippen LogP contribution in [0.3, 0.4) is 0 Å². The number of likely N-dealkylation sites (tertiary alicyclic amines) is 2. The molecule has 0 N–H and O–H groups in total. The highest BCUT2D eigenvalue weighted by molar-refractivity contribution is 4.95. The van der Waals surface area contributed by atoms with Crippen LogP contribution in [-0.4, -0.2) is 48.6 Å². The molecule has 2 rings (SSSR count). The molecule has 0 aromatic carbocycles. The minimum Gasteiger partial charge on any atom is -0.305 e. The Kier molecular flexibility index (Phi) is 3.33. The maximum absolute atomic E-state index is 2.77. The number of rotatable bonds is 1. The minimum absolute atomic E-state index is 0.435. The van der Waals surface area contributed by atoms with Gasteiger partial charge in [0.1, 0.15) is 0 Å². The van der Waals surface area contributed by atoms with E-state index >= 15 is 0 Å². The molecule has 0 amide bonds. The summed E-state index contributed by atoms with van der Waals surface area (Å²) in [5, 5.41) is 0. The molecular weight excluding hydrogens is 196 g/mol. The summed E-state index contributed by atoms with van der Waals surface area (Å²) in [6, 6.07) is 0. The number of likely N-dealkylation sites (N-methyl/N-ethyl adjacent to an activating group) is 1. The van der Waals surface area contributed by atoms with E-state index in [0.717, 1.165) is 0 Å². The van der Waals surface area contributed by atoms with Crippen molar-refractivity contribution < 1.29 is 0 Å². The largest absolute Gasteiger partial charge is 0.305 e. The van der Waals surface area contributed by atoms with Gasteiger partial charge in [0.15, 0.2) is 0 Å². The van der Waals surface area contributed by atoms with Crippen molar-refractivity contribution in [1.82, 2.24) is 9.80 Å². The van der Waals surface area contributed by atoms with Crippen LogP contribution in [0.1, 0.15) is 46.5 Å². The molecule has 1 atom stereocenters. The first-order valence-electron chi connectivity index (χ1n) is 6.85. The highest BCUT2D eigenvalue weighted by atomic mass is 15.3. The summed E-state index contributed by atoms with van der Waals surface area (Å²) in [5.41, 5.74) is 0.960. The molecule has 0 aliphatic carbocycles. The summed E-state index contributed by atoms with van der Waals surface area (Å²) >= 11 is 0. The van der Waals surface area contributed by atoms with E-state index in [1.165, 1.54) is 51.9 Å². The van der Waals surface area contributed by atoms with Crippen LogP contribution in [0.2, 0.25) is 0 Å². The Morgan fingerprint density at radius 2 is 1.56 bits per heavy atom. The van der Waals surface area contributed by atoms with Gasteiger partial charge in [0.05, 0.1) is 0 Å². The van der Waals surface area contributed by atoms with Crippen molar-refractivity contribution in [3.8, 4) is 0 Å². The molecule has 2 aliphatic heterocycles. The van der Waals surface area contributed by atoms with E-state index in [0.29, 0.717) is 11.0 Å². The van der Waals surface area contributed by atoms with E-state index in [-0.39, 0.29) is 0 Å². The molecule has 2 heterocycles.